The van der Waals surface area contributed by atoms with Crippen LogP contribution in [-0.4, -0.2) is 57.7 Å². The van der Waals surface area contributed by atoms with E-state index in [4.69, 9.17) is 0 Å². The molecule has 0 radical (unpaired) electrons. The third-order valence-electron chi connectivity index (χ3n) is 6.71. The highest BCUT2D eigenvalue weighted by atomic mass is 16.2. The second-order valence-corrected chi connectivity index (χ2v) is 9.29. The lowest BCUT2D eigenvalue weighted by atomic mass is 9.73. The molecule has 168 valence electrons. The molecule has 0 aliphatic carbocycles. The molecule has 4 rings (SSSR count). The molecule has 3 heterocycles. The predicted molar refractivity (Wildman–Crippen MR) is 127 cm³/mol. The molecule has 6 heteroatoms. The van der Waals surface area contributed by atoms with Crippen LogP contribution in [0.5, 0.6) is 0 Å². The van der Waals surface area contributed by atoms with Crippen molar-refractivity contribution in [3.8, 4) is 11.1 Å². The van der Waals surface area contributed by atoms with Crippen LogP contribution in [0.15, 0.2) is 55.0 Å². The van der Waals surface area contributed by atoms with E-state index in [1.165, 1.54) is 16.8 Å². The fourth-order valence-electron chi connectivity index (χ4n) is 4.96. The van der Waals surface area contributed by atoms with E-state index >= 15 is 0 Å². The van der Waals surface area contributed by atoms with Crippen LogP contribution in [0.1, 0.15) is 29.7 Å². The summed E-state index contributed by atoms with van der Waals surface area (Å²) < 4.78 is 1.92. The monoisotopic (exact) mass is 431 g/mol. The van der Waals surface area contributed by atoms with Gasteiger partial charge in [-0.25, -0.2) is 0 Å². The zero-order valence-corrected chi connectivity index (χ0v) is 19.6. The van der Waals surface area contributed by atoms with Crippen molar-refractivity contribution in [3.05, 3.63) is 71.8 Å². The normalized spacial score (nSPS) is 19.1. The minimum Gasteiger partial charge on any atom is -0.348 e. The fraction of sp³-hybridized carbons (Fsp3) is 0.423. The summed E-state index contributed by atoms with van der Waals surface area (Å²) >= 11 is 0. The highest BCUT2D eigenvalue weighted by Crippen LogP contribution is 2.37. The van der Waals surface area contributed by atoms with Crippen LogP contribution in [0, 0.1) is 12.3 Å². The molecular weight excluding hydrogens is 398 g/mol. The summed E-state index contributed by atoms with van der Waals surface area (Å²) in [6, 6.07) is 12.6. The van der Waals surface area contributed by atoms with Gasteiger partial charge in [-0.1, -0.05) is 30.3 Å². The molecule has 1 aliphatic rings. The van der Waals surface area contributed by atoms with E-state index in [1.807, 2.05) is 44.3 Å². The summed E-state index contributed by atoms with van der Waals surface area (Å²) in [5.41, 5.74) is 5.43. The lowest BCUT2D eigenvalue weighted by Gasteiger charge is -2.43. The van der Waals surface area contributed by atoms with Gasteiger partial charge in [0.1, 0.15) is 0 Å². The van der Waals surface area contributed by atoms with E-state index in [9.17, 15) is 4.79 Å². The van der Waals surface area contributed by atoms with Gasteiger partial charge in [0.05, 0.1) is 11.6 Å². The molecule has 0 bridgehead atoms. The first-order valence-corrected chi connectivity index (χ1v) is 11.3. The summed E-state index contributed by atoms with van der Waals surface area (Å²) in [7, 11) is 5.73. The number of benzene rings is 1. The average Bonchev–Trinajstić information content (AvgIpc) is 3.11. The van der Waals surface area contributed by atoms with Crippen LogP contribution < -0.4 is 0 Å². The number of hydrogen-bond acceptors (Lipinski definition) is 4. The van der Waals surface area contributed by atoms with Gasteiger partial charge in [0, 0.05) is 57.9 Å². The van der Waals surface area contributed by atoms with Gasteiger partial charge >= 0.3 is 0 Å². The zero-order valence-electron chi connectivity index (χ0n) is 19.6. The third-order valence-corrected chi connectivity index (χ3v) is 6.71. The quantitative estimate of drug-likeness (QED) is 0.597. The van der Waals surface area contributed by atoms with E-state index in [1.54, 1.807) is 11.1 Å². The van der Waals surface area contributed by atoms with Gasteiger partial charge in [-0.2, -0.15) is 5.10 Å². The Balaban J connectivity index is 1.61. The predicted octanol–water partition coefficient (Wildman–Crippen LogP) is 3.70. The molecule has 1 unspecified atom stereocenters. The summed E-state index contributed by atoms with van der Waals surface area (Å²) in [6.07, 6.45) is 8.29. The van der Waals surface area contributed by atoms with Crippen molar-refractivity contribution < 1.29 is 4.79 Å². The molecule has 32 heavy (non-hydrogen) atoms. The van der Waals surface area contributed by atoms with Gasteiger partial charge in [-0.15, -0.1) is 0 Å². The van der Waals surface area contributed by atoms with E-state index in [2.05, 4.69) is 52.2 Å². The van der Waals surface area contributed by atoms with Crippen molar-refractivity contribution in [2.75, 3.05) is 27.2 Å². The highest BCUT2D eigenvalue weighted by Gasteiger charge is 2.43. The van der Waals surface area contributed by atoms with Crippen LogP contribution in [0.3, 0.4) is 0 Å². The Labute approximate surface area is 190 Å². The maximum Gasteiger partial charge on any atom is 0.229 e. The van der Waals surface area contributed by atoms with Crippen molar-refractivity contribution in [1.82, 2.24) is 24.6 Å². The first-order chi connectivity index (χ1) is 15.4. The molecule has 3 aromatic rings. The molecule has 6 nitrogen and oxygen atoms in total. The average molecular weight is 432 g/mol. The van der Waals surface area contributed by atoms with Crippen molar-refractivity contribution in [2.45, 2.75) is 32.7 Å². The van der Waals surface area contributed by atoms with Gasteiger partial charge in [0.25, 0.3) is 0 Å². The number of likely N-dealkylation sites (tertiary alicyclic amines) is 1. The van der Waals surface area contributed by atoms with Crippen LogP contribution in [0.25, 0.3) is 11.1 Å². The number of hydrogen-bond donors (Lipinski definition) is 0. The Kier molecular flexibility index (Phi) is 6.42. The first-order valence-electron chi connectivity index (χ1n) is 11.3. The van der Waals surface area contributed by atoms with Gasteiger partial charge in [-0.3, -0.25) is 19.4 Å². The molecule has 0 spiro atoms. The summed E-state index contributed by atoms with van der Waals surface area (Å²) in [4.78, 5) is 22.0. The maximum absolute atomic E-state index is 13.5. The molecule has 1 aromatic carbocycles. The lowest BCUT2D eigenvalue weighted by molar-refractivity contribution is -0.143. The number of piperidine rings is 1. The van der Waals surface area contributed by atoms with E-state index < -0.39 is 5.41 Å². The van der Waals surface area contributed by atoms with Crippen LogP contribution in [0.2, 0.25) is 0 Å². The Bertz CT molecular complexity index is 1070. The largest absolute Gasteiger partial charge is 0.348 e. The van der Waals surface area contributed by atoms with Crippen molar-refractivity contribution in [3.63, 3.8) is 0 Å². The molecular formula is C26H33N5O. The maximum atomic E-state index is 13.5. The van der Waals surface area contributed by atoms with E-state index in [-0.39, 0.29) is 5.91 Å². The molecule has 0 saturated carbocycles. The SMILES string of the molecule is Cc1c(CN2CCCC(Cc3cccc(-c4cccnc4)c3)(C(=O)N(C)C)C2)cnn1C. The van der Waals surface area contributed by atoms with Crippen molar-refractivity contribution in [2.24, 2.45) is 12.5 Å². The Morgan fingerprint density at radius 1 is 1.16 bits per heavy atom. The molecule has 1 saturated heterocycles. The van der Waals surface area contributed by atoms with Crippen LogP contribution in [0.4, 0.5) is 0 Å². The number of carbonyl (C=O) groups excluding carboxylic acids is 1. The highest BCUT2D eigenvalue weighted by molar-refractivity contribution is 5.83. The smallest absolute Gasteiger partial charge is 0.229 e. The van der Waals surface area contributed by atoms with Crippen molar-refractivity contribution in [1.29, 1.82) is 0 Å². The van der Waals surface area contributed by atoms with Gasteiger partial charge < -0.3 is 4.90 Å². The molecule has 2 aromatic heterocycles. The van der Waals surface area contributed by atoms with E-state index in [0.717, 1.165) is 50.0 Å². The standard InChI is InChI=1S/C26H33N5O/c1-20-24(17-28-30(20)4)18-31-13-7-11-26(19-31,25(32)29(2)3)15-21-8-5-9-22(14-21)23-10-6-12-27-16-23/h5-6,8-10,12,14,16-17H,7,11,13,15,18-19H2,1-4H3. The number of nitrogens with zero attached hydrogens (tertiary/aromatic N) is 5. The zero-order chi connectivity index (χ0) is 22.7. The lowest BCUT2D eigenvalue weighted by Crippen LogP contribution is -2.52. The van der Waals surface area contributed by atoms with Crippen molar-refractivity contribution >= 4 is 5.91 Å². The summed E-state index contributed by atoms with van der Waals surface area (Å²) in [6.45, 7) is 4.70. The fourth-order valence-corrected chi connectivity index (χ4v) is 4.96. The Morgan fingerprint density at radius 3 is 2.66 bits per heavy atom. The minimum absolute atomic E-state index is 0.219. The van der Waals surface area contributed by atoms with Gasteiger partial charge in [0.2, 0.25) is 5.91 Å². The minimum atomic E-state index is -0.425. The van der Waals surface area contributed by atoms with Gasteiger partial charge in [0.15, 0.2) is 0 Å². The summed E-state index contributed by atoms with van der Waals surface area (Å²) in [5.74, 6) is 0.219. The second kappa shape index (κ2) is 9.25. The molecule has 1 aliphatic heterocycles. The number of aryl methyl sites for hydroxylation is 1. The molecule has 1 fully saturated rings. The second-order valence-electron chi connectivity index (χ2n) is 9.29. The molecule has 1 atom stereocenters. The number of rotatable bonds is 6. The first kappa shape index (κ1) is 22.2. The Morgan fingerprint density at radius 2 is 1.97 bits per heavy atom. The number of aromatic nitrogens is 3. The van der Waals surface area contributed by atoms with Gasteiger partial charge in [-0.05, 0) is 55.5 Å². The summed E-state index contributed by atoms with van der Waals surface area (Å²) in [5, 5.41) is 4.40. The Hall–Kier alpha value is -2.99. The third kappa shape index (κ3) is 4.60. The molecule has 1 amide bonds. The number of pyridine rings is 1. The van der Waals surface area contributed by atoms with Crippen LogP contribution >= 0.6 is 0 Å². The van der Waals surface area contributed by atoms with E-state index in [0.29, 0.717) is 0 Å². The topological polar surface area (TPSA) is 54.3 Å². The number of carbonyl (C=O) groups is 1. The molecule has 0 N–H and O–H groups in total. The number of amides is 1. The van der Waals surface area contributed by atoms with Crippen LogP contribution in [-0.2, 0) is 24.8 Å².